The van der Waals surface area contributed by atoms with Crippen molar-refractivity contribution in [2.75, 3.05) is 13.6 Å². The molecule has 0 aliphatic heterocycles. The molecule has 0 N–H and O–H groups in total. The number of hydrogen-bond donors (Lipinski definition) is 0. The monoisotopic (exact) mass is 245 g/mol. The molecule has 0 heterocycles. The number of hydrogen-bond acceptors (Lipinski definition) is 1. The SMILES string of the molecule is C=C(C)/C=C\C(=C)N(C)CC(F)(F)CC.CC. The first-order valence-corrected chi connectivity index (χ1v) is 5.90. The Morgan fingerprint density at radius 1 is 1.24 bits per heavy atom. The maximum Gasteiger partial charge on any atom is 0.264 e. The van der Waals surface area contributed by atoms with Crippen LogP contribution in [0.15, 0.2) is 36.6 Å². The molecular formula is C14H25F2N. The average Bonchev–Trinajstić information content (AvgIpc) is 2.28. The van der Waals surface area contributed by atoms with Crippen LogP contribution in [0.4, 0.5) is 8.78 Å². The molecule has 0 rings (SSSR count). The Hall–Kier alpha value is -1.12. The van der Waals surface area contributed by atoms with Crippen LogP contribution in [0, 0.1) is 0 Å². The first-order chi connectivity index (χ1) is 7.78. The van der Waals surface area contributed by atoms with Gasteiger partial charge >= 0.3 is 0 Å². The van der Waals surface area contributed by atoms with Crippen molar-refractivity contribution in [1.82, 2.24) is 4.90 Å². The van der Waals surface area contributed by atoms with Crippen molar-refractivity contribution in [2.24, 2.45) is 0 Å². The van der Waals surface area contributed by atoms with Crippen LogP contribution in [-0.2, 0) is 0 Å². The largest absolute Gasteiger partial charge is 0.369 e. The highest BCUT2D eigenvalue weighted by molar-refractivity contribution is 5.22. The number of allylic oxidation sites excluding steroid dienone is 3. The molecule has 0 aliphatic carbocycles. The van der Waals surface area contributed by atoms with E-state index in [2.05, 4.69) is 13.2 Å². The van der Waals surface area contributed by atoms with Gasteiger partial charge in [-0.05, 0) is 13.0 Å². The fraction of sp³-hybridized carbons (Fsp3) is 0.571. The number of nitrogens with zero attached hydrogens (tertiary/aromatic N) is 1. The summed E-state index contributed by atoms with van der Waals surface area (Å²) in [6, 6.07) is 0. The molecule has 0 aromatic heterocycles. The van der Waals surface area contributed by atoms with Crippen molar-refractivity contribution in [3.05, 3.63) is 36.6 Å². The Kier molecular flexibility index (Phi) is 9.63. The third-order valence-electron chi connectivity index (χ3n) is 2.04. The van der Waals surface area contributed by atoms with Gasteiger partial charge in [-0.15, -0.1) is 0 Å². The molecule has 0 radical (unpaired) electrons. The molecule has 0 saturated heterocycles. The van der Waals surface area contributed by atoms with Crippen LogP contribution in [0.5, 0.6) is 0 Å². The van der Waals surface area contributed by atoms with Gasteiger partial charge in [-0.2, -0.15) is 0 Å². The molecule has 0 saturated carbocycles. The minimum absolute atomic E-state index is 0.158. The zero-order valence-corrected chi connectivity index (χ0v) is 11.7. The van der Waals surface area contributed by atoms with Gasteiger partial charge in [0.1, 0.15) is 0 Å². The van der Waals surface area contributed by atoms with E-state index in [-0.39, 0.29) is 13.0 Å². The van der Waals surface area contributed by atoms with Gasteiger partial charge < -0.3 is 4.90 Å². The van der Waals surface area contributed by atoms with Crippen LogP contribution in [0.25, 0.3) is 0 Å². The molecule has 0 aromatic carbocycles. The molecule has 0 amide bonds. The summed E-state index contributed by atoms with van der Waals surface area (Å²) < 4.78 is 26.1. The summed E-state index contributed by atoms with van der Waals surface area (Å²) in [5.74, 6) is -2.66. The number of rotatable bonds is 6. The molecular weight excluding hydrogens is 220 g/mol. The Morgan fingerprint density at radius 3 is 2.06 bits per heavy atom. The van der Waals surface area contributed by atoms with Gasteiger partial charge in [0.15, 0.2) is 0 Å². The summed E-state index contributed by atoms with van der Waals surface area (Å²) in [5.41, 5.74) is 1.43. The molecule has 3 heteroatoms. The van der Waals surface area contributed by atoms with E-state index < -0.39 is 5.92 Å². The summed E-state index contributed by atoms with van der Waals surface area (Å²) in [5, 5.41) is 0. The van der Waals surface area contributed by atoms with E-state index >= 15 is 0 Å². The first-order valence-electron chi connectivity index (χ1n) is 5.90. The number of halogens is 2. The predicted octanol–water partition coefficient (Wildman–Crippen LogP) is 4.64. The van der Waals surface area contributed by atoms with Crippen molar-refractivity contribution >= 4 is 0 Å². The Balaban J connectivity index is 0. The van der Waals surface area contributed by atoms with Gasteiger partial charge in [0.05, 0.1) is 6.54 Å². The standard InChI is InChI=1S/C12H19F2N.C2H6/c1-6-12(13,14)9-15(5)11(4)8-7-10(2)3;1-2/h7-8H,2,4,6,9H2,1,3,5H3;1-2H3/b8-7-;. The van der Waals surface area contributed by atoms with Crippen molar-refractivity contribution in [1.29, 1.82) is 0 Å². The molecule has 0 aromatic rings. The Morgan fingerprint density at radius 2 is 1.71 bits per heavy atom. The normalized spacial score (nSPS) is 10.8. The fourth-order valence-electron chi connectivity index (χ4n) is 0.926. The quantitative estimate of drug-likeness (QED) is 0.616. The zero-order valence-electron chi connectivity index (χ0n) is 11.7. The van der Waals surface area contributed by atoms with Crippen molar-refractivity contribution in [2.45, 2.75) is 40.0 Å². The van der Waals surface area contributed by atoms with E-state index in [1.165, 1.54) is 11.8 Å². The van der Waals surface area contributed by atoms with Crippen molar-refractivity contribution in [3.8, 4) is 0 Å². The van der Waals surface area contributed by atoms with Crippen molar-refractivity contribution in [3.63, 3.8) is 0 Å². The maximum atomic E-state index is 13.0. The van der Waals surface area contributed by atoms with Gasteiger partial charge in [0.25, 0.3) is 5.92 Å². The summed E-state index contributed by atoms with van der Waals surface area (Å²) in [7, 11) is 1.61. The molecule has 0 bridgehead atoms. The average molecular weight is 245 g/mol. The third kappa shape index (κ3) is 9.79. The maximum absolute atomic E-state index is 13.0. The first kappa shape index (κ1) is 18.3. The molecule has 0 spiro atoms. The van der Waals surface area contributed by atoms with Gasteiger partial charge in [-0.3, -0.25) is 0 Å². The van der Waals surface area contributed by atoms with Crippen LogP contribution in [0.2, 0.25) is 0 Å². The molecule has 0 atom stereocenters. The van der Waals surface area contributed by atoms with E-state index in [1.54, 1.807) is 19.2 Å². The summed E-state index contributed by atoms with van der Waals surface area (Å²) >= 11 is 0. The fourth-order valence-corrected chi connectivity index (χ4v) is 0.926. The second kappa shape index (κ2) is 8.97. The summed E-state index contributed by atoms with van der Waals surface area (Å²) in [4.78, 5) is 1.45. The molecule has 17 heavy (non-hydrogen) atoms. The second-order valence-corrected chi connectivity index (χ2v) is 3.74. The van der Waals surface area contributed by atoms with Gasteiger partial charge in [0.2, 0.25) is 0 Å². The topological polar surface area (TPSA) is 3.24 Å². The Bertz CT molecular complexity index is 267. The van der Waals surface area contributed by atoms with E-state index in [0.717, 1.165) is 5.57 Å². The van der Waals surface area contributed by atoms with Gasteiger partial charge in [-0.25, -0.2) is 8.78 Å². The molecule has 0 aliphatic rings. The lowest BCUT2D eigenvalue weighted by Crippen LogP contribution is -2.32. The number of likely N-dealkylation sites (N-methyl/N-ethyl adjacent to an activating group) is 1. The molecule has 0 unspecified atom stereocenters. The lowest BCUT2D eigenvalue weighted by atomic mass is 10.2. The van der Waals surface area contributed by atoms with Crippen LogP contribution < -0.4 is 0 Å². The molecule has 1 nitrogen and oxygen atoms in total. The summed E-state index contributed by atoms with van der Waals surface area (Å²) in [6.07, 6.45) is 3.28. The highest BCUT2D eigenvalue weighted by Gasteiger charge is 2.27. The third-order valence-corrected chi connectivity index (χ3v) is 2.04. The van der Waals surface area contributed by atoms with E-state index in [1.807, 2.05) is 20.8 Å². The predicted molar refractivity (Wildman–Crippen MR) is 72.3 cm³/mol. The second-order valence-electron chi connectivity index (χ2n) is 3.74. The minimum atomic E-state index is -2.66. The van der Waals surface area contributed by atoms with Crippen LogP contribution in [0.3, 0.4) is 0 Å². The zero-order chi connectivity index (χ0) is 14.1. The van der Waals surface area contributed by atoms with E-state index in [4.69, 9.17) is 0 Å². The number of alkyl halides is 2. The van der Waals surface area contributed by atoms with E-state index in [0.29, 0.717) is 5.70 Å². The Labute approximate surface area is 105 Å². The molecule has 100 valence electrons. The highest BCUT2D eigenvalue weighted by atomic mass is 19.3. The lowest BCUT2D eigenvalue weighted by Gasteiger charge is -2.24. The molecule has 0 fully saturated rings. The van der Waals surface area contributed by atoms with Crippen molar-refractivity contribution < 1.29 is 8.78 Å². The van der Waals surface area contributed by atoms with Crippen LogP contribution in [0.1, 0.15) is 34.1 Å². The summed E-state index contributed by atoms with van der Waals surface area (Å²) in [6.45, 7) is 14.4. The van der Waals surface area contributed by atoms with Gasteiger partial charge in [0, 0.05) is 19.2 Å². The van der Waals surface area contributed by atoms with Crippen LogP contribution >= 0.6 is 0 Å². The van der Waals surface area contributed by atoms with Crippen LogP contribution in [-0.4, -0.2) is 24.4 Å². The van der Waals surface area contributed by atoms with E-state index in [9.17, 15) is 8.78 Å². The minimum Gasteiger partial charge on any atom is -0.369 e. The lowest BCUT2D eigenvalue weighted by molar-refractivity contribution is -0.0223. The smallest absolute Gasteiger partial charge is 0.264 e. The van der Waals surface area contributed by atoms with Gasteiger partial charge in [-0.1, -0.05) is 45.6 Å². The highest BCUT2D eigenvalue weighted by Crippen LogP contribution is 2.20.